The zero-order valence-corrected chi connectivity index (χ0v) is 10.6. The molecule has 0 aliphatic rings. The number of hydrogen-bond donors (Lipinski definition) is 0. The summed E-state index contributed by atoms with van der Waals surface area (Å²) in [6.07, 6.45) is 0. The number of halogens is 2. The van der Waals surface area contributed by atoms with Crippen LogP contribution in [0.5, 0.6) is 11.5 Å². The van der Waals surface area contributed by atoms with Crippen molar-refractivity contribution in [2.45, 2.75) is 0 Å². The molecule has 0 spiro atoms. The lowest BCUT2D eigenvalue weighted by Crippen LogP contribution is -1.95. The van der Waals surface area contributed by atoms with Crippen LogP contribution in [0.1, 0.15) is 5.56 Å². The molecule has 0 amide bonds. The van der Waals surface area contributed by atoms with Crippen LogP contribution in [-0.2, 0) is 0 Å². The standard InChI is InChI=1S/C13H6ClFN2O3/c14-10-3-1-8(7-16)5-12(10)20-13-6-9(15)2-4-11(13)17(18)19/h1-6H. The summed E-state index contributed by atoms with van der Waals surface area (Å²) in [5.41, 5.74) is -0.131. The normalized spacial score (nSPS) is 9.85. The Hall–Kier alpha value is -2.65. The average Bonchev–Trinajstić information content (AvgIpc) is 2.41. The molecular weight excluding hydrogens is 287 g/mol. The molecule has 2 rings (SSSR count). The van der Waals surface area contributed by atoms with Crippen LogP contribution in [0.3, 0.4) is 0 Å². The second-order valence-electron chi connectivity index (χ2n) is 3.73. The SMILES string of the molecule is N#Cc1ccc(Cl)c(Oc2cc(F)ccc2[N+](=O)[O-])c1. The van der Waals surface area contributed by atoms with E-state index in [-0.39, 0.29) is 22.1 Å². The zero-order chi connectivity index (χ0) is 14.7. The van der Waals surface area contributed by atoms with Gasteiger partial charge in [0.2, 0.25) is 5.75 Å². The Bertz CT molecular complexity index is 728. The third-order valence-electron chi connectivity index (χ3n) is 2.40. The largest absolute Gasteiger partial charge is 0.448 e. The van der Waals surface area contributed by atoms with E-state index in [9.17, 15) is 14.5 Å². The number of hydrogen-bond acceptors (Lipinski definition) is 4. The van der Waals surface area contributed by atoms with Gasteiger partial charge in [0.25, 0.3) is 0 Å². The summed E-state index contributed by atoms with van der Waals surface area (Å²) < 4.78 is 18.4. The Balaban J connectivity index is 2.47. The van der Waals surface area contributed by atoms with E-state index in [1.807, 2.05) is 6.07 Å². The van der Waals surface area contributed by atoms with E-state index in [1.54, 1.807) is 0 Å². The highest BCUT2D eigenvalue weighted by atomic mass is 35.5. The van der Waals surface area contributed by atoms with Gasteiger partial charge in [-0.15, -0.1) is 0 Å². The first-order valence-corrected chi connectivity index (χ1v) is 5.70. The van der Waals surface area contributed by atoms with Gasteiger partial charge in [-0.3, -0.25) is 10.1 Å². The summed E-state index contributed by atoms with van der Waals surface area (Å²) in [6.45, 7) is 0. The van der Waals surface area contributed by atoms with Crippen molar-refractivity contribution in [2.24, 2.45) is 0 Å². The van der Waals surface area contributed by atoms with Gasteiger partial charge >= 0.3 is 5.69 Å². The minimum absolute atomic E-state index is 0.0411. The van der Waals surface area contributed by atoms with Crippen molar-refractivity contribution < 1.29 is 14.1 Å². The van der Waals surface area contributed by atoms with Crippen LogP contribution >= 0.6 is 11.6 Å². The third kappa shape index (κ3) is 2.84. The molecule has 5 nitrogen and oxygen atoms in total. The van der Waals surface area contributed by atoms with Crippen LogP contribution in [0.15, 0.2) is 36.4 Å². The highest BCUT2D eigenvalue weighted by Crippen LogP contribution is 2.35. The molecule has 0 aliphatic carbocycles. The van der Waals surface area contributed by atoms with Gasteiger partial charge in [-0.1, -0.05) is 11.6 Å². The molecule has 0 bridgehead atoms. The molecule has 20 heavy (non-hydrogen) atoms. The van der Waals surface area contributed by atoms with Crippen molar-refractivity contribution in [3.8, 4) is 17.6 Å². The van der Waals surface area contributed by atoms with Gasteiger partial charge in [0.1, 0.15) is 11.6 Å². The Labute approximate surface area is 117 Å². The number of benzene rings is 2. The monoisotopic (exact) mass is 292 g/mol. The Morgan fingerprint density at radius 1 is 1.25 bits per heavy atom. The van der Waals surface area contributed by atoms with Crippen LogP contribution in [0.4, 0.5) is 10.1 Å². The third-order valence-corrected chi connectivity index (χ3v) is 2.71. The summed E-state index contributed by atoms with van der Waals surface area (Å²) >= 11 is 5.88. The topological polar surface area (TPSA) is 76.2 Å². The van der Waals surface area contributed by atoms with E-state index in [2.05, 4.69) is 0 Å². The van der Waals surface area contributed by atoms with E-state index in [4.69, 9.17) is 21.6 Å². The van der Waals surface area contributed by atoms with Gasteiger partial charge in [-0.05, 0) is 18.2 Å². The van der Waals surface area contributed by atoms with Gasteiger partial charge < -0.3 is 4.74 Å². The fraction of sp³-hybridized carbons (Fsp3) is 0. The molecule has 0 aromatic heterocycles. The predicted octanol–water partition coefficient (Wildman–Crippen LogP) is 4.05. The number of ether oxygens (including phenoxy) is 1. The summed E-state index contributed by atoms with van der Waals surface area (Å²) in [7, 11) is 0. The first-order valence-electron chi connectivity index (χ1n) is 5.32. The maximum absolute atomic E-state index is 13.2. The molecule has 0 saturated heterocycles. The molecular formula is C13H6ClFN2O3. The molecule has 7 heteroatoms. The van der Waals surface area contributed by atoms with Crippen LogP contribution in [0.2, 0.25) is 5.02 Å². The van der Waals surface area contributed by atoms with E-state index < -0.39 is 16.4 Å². The zero-order valence-electron chi connectivity index (χ0n) is 9.84. The van der Waals surface area contributed by atoms with Crippen LogP contribution in [0.25, 0.3) is 0 Å². The Morgan fingerprint density at radius 2 is 2.00 bits per heavy atom. The minimum atomic E-state index is -0.698. The highest BCUT2D eigenvalue weighted by Gasteiger charge is 2.18. The molecule has 0 aliphatic heterocycles. The van der Waals surface area contributed by atoms with Gasteiger partial charge in [0.15, 0.2) is 0 Å². The van der Waals surface area contributed by atoms with Crippen molar-refractivity contribution >= 4 is 17.3 Å². The second-order valence-corrected chi connectivity index (χ2v) is 4.14. The maximum Gasteiger partial charge on any atom is 0.311 e. The molecule has 0 unspecified atom stereocenters. The summed E-state index contributed by atoms with van der Waals surface area (Å²) in [4.78, 5) is 10.2. The van der Waals surface area contributed by atoms with Gasteiger partial charge in [0, 0.05) is 18.2 Å². The number of rotatable bonds is 3. The average molecular weight is 293 g/mol. The molecule has 0 heterocycles. The fourth-order valence-corrected chi connectivity index (χ4v) is 1.65. The van der Waals surface area contributed by atoms with Crippen LogP contribution in [-0.4, -0.2) is 4.92 Å². The van der Waals surface area contributed by atoms with Crippen molar-refractivity contribution in [2.75, 3.05) is 0 Å². The fourth-order valence-electron chi connectivity index (χ4n) is 1.49. The molecule has 0 atom stereocenters. The first-order chi connectivity index (χ1) is 9.51. The lowest BCUT2D eigenvalue weighted by molar-refractivity contribution is -0.385. The Morgan fingerprint density at radius 3 is 2.65 bits per heavy atom. The van der Waals surface area contributed by atoms with Crippen molar-refractivity contribution in [1.82, 2.24) is 0 Å². The minimum Gasteiger partial charge on any atom is -0.448 e. The predicted molar refractivity (Wildman–Crippen MR) is 69.3 cm³/mol. The summed E-state index contributed by atoms with van der Waals surface area (Å²) in [5, 5.41) is 19.8. The van der Waals surface area contributed by atoms with Gasteiger partial charge in [-0.2, -0.15) is 5.26 Å². The van der Waals surface area contributed by atoms with Crippen molar-refractivity contribution in [1.29, 1.82) is 5.26 Å². The molecule has 100 valence electrons. The number of nitro benzene ring substituents is 1. The molecule has 0 saturated carbocycles. The summed E-state index contributed by atoms with van der Waals surface area (Å²) in [5.74, 6) is -0.926. The van der Waals surface area contributed by atoms with E-state index in [0.29, 0.717) is 0 Å². The highest BCUT2D eigenvalue weighted by molar-refractivity contribution is 6.32. The lowest BCUT2D eigenvalue weighted by atomic mass is 10.2. The maximum atomic E-state index is 13.2. The van der Waals surface area contributed by atoms with E-state index in [1.165, 1.54) is 18.2 Å². The number of nitrogens with zero attached hydrogens (tertiary/aromatic N) is 2. The summed E-state index contributed by atoms with van der Waals surface area (Å²) in [6, 6.07) is 8.92. The number of nitriles is 1. The molecule has 0 N–H and O–H groups in total. The van der Waals surface area contributed by atoms with Crippen molar-refractivity contribution in [3.05, 3.63) is 62.9 Å². The molecule has 2 aromatic carbocycles. The molecule has 0 radical (unpaired) electrons. The van der Waals surface area contributed by atoms with Crippen LogP contribution in [0, 0.1) is 27.3 Å². The molecule has 2 aromatic rings. The van der Waals surface area contributed by atoms with Gasteiger partial charge in [-0.25, -0.2) is 4.39 Å². The van der Waals surface area contributed by atoms with Gasteiger partial charge in [0.05, 0.1) is 21.6 Å². The second kappa shape index (κ2) is 5.55. The lowest BCUT2D eigenvalue weighted by Gasteiger charge is -2.08. The quantitative estimate of drug-likeness (QED) is 0.631. The van der Waals surface area contributed by atoms with Crippen molar-refractivity contribution in [3.63, 3.8) is 0 Å². The van der Waals surface area contributed by atoms with E-state index in [0.717, 1.165) is 18.2 Å². The smallest absolute Gasteiger partial charge is 0.311 e. The van der Waals surface area contributed by atoms with Crippen LogP contribution < -0.4 is 4.74 Å². The number of nitro groups is 1. The first kappa shape index (κ1) is 13.8. The Kier molecular flexibility index (Phi) is 3.82. The van der Waals surface area contributed by atoms with E-state index >= 15 is 0 Å². The molecule has 0 fully saturated rings.